The van der Waals surface area contributed by atoms with Gasteiger partial charge in [-0.2, -0.15) is 0 Å². The molecule has 1 aromatic carbocycles. The van der Waals surface area contributed by atoms with Crippen molar-refractivity contribution in [3.8, 4) is 0 Å². The van der Waals surface area contributed by atoms with Crippen LogP contribution >= 0.6 is 0 Å². The van der Waals surface area contributed by atoms with Crippen LogP contribution in [0.15, 0.2) is 18.2 Å². The van der Waals surface area contributed by atoms with Crippen molar-refractivity contribution in [1.82, 2.24) is 0 Å². The Bertz CT molecular complexity index is 401. The Hall–Kier alpha value is -1.22. The molecule has 0 amide bonds. The Morgan fingerprint density at radius 3 is 2.72 bits per heavy atom. The van der Waals surface area contributed by atoms with Crippen LogP contribution in [0, 0.1) is 0 Å². The van der Waals surface area contributed by atoms with Gasteiger partial charge >= 0.3 is 0 Å². The maximum Gasteiger partial charge on any atom is 0.0639 e. The minimum Gasteiger partial charge on any atom is -0.373 e. The van der Waals surface area contributed by atoms with E-state index < -0.39 is 0 Å². The van der Waals surface area contributed by atoms with Crippen molar-refractivity contribution in [3.05, 3.63) is 23.8 Å². The summed E-state index contributed by atoms with van der Waals surface area (Å²) in [5.41, 5.74) is 9.97. The topological polar surface area (TPSA) is 32.5 Å². The number of fused-ring (bicyclic) bond motifs is 1. The Kier molecular flexibility index (Phi) is 4.12. The van der Waals surface area contributed by atoms with Gasteiger partial charge in [0.25, 0.3) is 0 Å². The fraction of sp³-hybridized carbons (Fsp3) is 0.600. The van der Waals surface area contributed by atoms with E-state index in [0.717, 1.165) is 26.2 Å². The molecule has 0 spiro atoms. The summed E-state index contributed by atoms with van der Waals surface area (Å²) < 4.78 is 0. The lowest BCUT2D eigenvalue weighted by Gasteiger charge is -2.29. The molecule has 2 rings (SSSR count). The molecule has 1 aromatic rings. The Labute approximate surface area is 111 Å². The van der Waals surface area contributed by atoms with Crippen molar-refractivity contribution in [2.75, 3.05) is 43.0 Å². The molecule has 0 radical (unpaired) electrons. The van der Waals surface area contributed by atoms with Gasteiger partial charge in [0, 0.05) is 33.2 Å². The quantitative estimate of drug-likeness (QED) is 0.890. The van der Waals surface area contributed by atoms with Crippen molar-refractivity contribution in [3.63, 3.8) is 0 Å². The molecule has 100 valence electrons. The Balaban J connectivity index is 2.51. The molecular formula is C15H25N3. The molecule has 3 nitrogen and oxygen atoms in total. The fourth-order valence-corrected chi connectivity index (χ4v) is 2.78. The van der Waals surface area contributed by atoms with E-state index in [1.807, 2.05) is 0 Å². The summed E-state index contributed by atoms with van der Waals surface area (Å²) in [5, 5.41) is 0. The number of nitrogens with zero attached hydrogens (tertiary/aromatic N) is 2. The molecule has 0 atom stereocenters. The van der Waals surface area contributed by atoms with Crippen LogP contribution in [0.1, 0.15) is 31.7 Å². The predicted octanol–water partition coefficient (Wildman–Crippen LogP) is 2.42. The lowest BCUT2D eigenvalue weighted by molar-refractivity contribution is 0.734. The highest BCUT2D eigenvalue weighted by atomic mass is 15.2. The molecule has 2 N–H and O–H groups in total. The average molecular weight is 247 g/mol. The van der Waals surface area contributed by atoms with E-state index in [1.165, 1.54) is 23.4 Å². The SMILES string of the molecule is CC(C)c1cccc2c1N(CCN)CCCN2C. The number of hydrogen-bond donors (Lipinski definition) is 1. The van der Waals surface area contributed by atoms with Gasteiger partial charge in [0.15, 0.2) is 0 Å². The highest BCUT2D eigenvalue weighted by molar-refractivity contribution is 5.76. The summed E-state index contributed by atoms with van der Waals surface area (Å²) in [6, 6.07) is 6.67. The zero-order chi connectivity index (χ0) is 13.1. The molecule has 1 aliphatic rings. The van der Waals surface area contributed by atoms with Crippen LogP contribution < -0.4 is 15.5 Å². The lowest BCUT2D eigenvalue weighted by Crippen LogP contribution is -2.30. The first-order chi connectivity index (χ1) is 8.65. The first-order valence-electron chi connectivity index (χ1n) is 6.94. The van der Waals surface area contributed by atoms with E-state index in [4.69, 9.17) is 5.73 Å². The number of nitrogens with two attached hydrogens (primary N) is 1. The van der Waals surface area contributed by atoms with Crippen LogP contribution in [-0.2, 0) is 0 Å². The van der Waals surface area contributed by atoms with Gasteiger partial charge in [-0.3, -0.25) is 0 Å². The second-order valence-corrected chi connectivity index (χ2v) is 5.42. The van der Waals surface area contributed by atoms with Crippen molar-refractivity contribution >= 4 is 11.4 Å². The summed E-state index contributed by atoms with van der Waals surface area (Å²) in [6.45, 7) is 8.43. The molecule has 1 aliphatic heterocycles. The van der Waals surface area contributed by atoms with Crippen LogP contribution in [-0.4, -0.2) is 33.2 Å². The normalized spacial score (nSPS) is 15.8. The van der Waals surface area contributed by atoms with E-state index in [-0.39, 0.29) is 0 Å². The standard InChI is InChI=1S/C15H25N3/c1-12(2)13-6-4-7-14-15(13)18(11-8-16)10-5-9-17(14)3/h4,6-7,12H,5,8-11,16H2,1-3H3. The Morgan fingerprint density at radius 2 is 2.06 bits per heavy atom. The largest absolute Gasteiger partial charge is 0.373 e. The smallest absolute Gasteiger partial charge is 0.0639 e. The number of anilines is 2. The van der Waals surface area contributed by atoms with Gasteiger partial charge in [0.2, 0.25) is 0 Å². The van der Waals surface area contributed by atoms with E-state index >= 15 is 0 Å². The minimum atomic E-state index is 0.548. The van der Waals surface area contributed by atoms with Gasteiger partial charge in [0.1, 0.15) is 0 Å². The molecule has 0 aromatic heterocycles. The maximum absolute atomic E-state index is 5.77. The third-order valence-electron chi connectivity index (χ3n) is 3.72. The molecule has 3 heteroatoms. The number of para-hydroxylation sites is 1. The first kappa shape index (κ1) is 13.2. The molecule has 0 saturated heterocycles. The average Bonchev–Trinajstić information content (AvgIpc) is 2.50. The zero-order valence-corrected chi connectivity index (χ0v) is 11.8. The second kappa shape index (κ2) is 5.61. The fourth-order valence-electron chi connectivity index (χ4n) is 2.78. The van der Waals surface area contributed by atoms with Gasteiger partial charge in [-0.15, -0.1) is 0 Å². The minimum absolute atomic E-state index is 0.548. The van der Waals surface area contributed by atoms with Gasteiger partial charge in [0.05, 0.1) is 11.4 Å². The monoisotopic (exact) mass is 247 g/mol. The first-order valence-corrected chi connectivity index (χ1v) is 6.94. The molecule has 1 heterocycles. The summed E-state index contributed by atoms with van der Waals surface area (Å²) in [4.78, 5) is 4.84. The third-order valence-corrected chi connectivity index (χ3v) is 3.72. The molecule has 18 heavy (non-hydrogen) atoms. The third kappa shape index (κ3) is 2.46. The maximum atomic E-state index is 5.77. The summed E-state index contributed by atoms with van der Waals surface area (Å²) in [5.74, 6) is 0.548. The molecule has 0 saturated carbocycles. The van der Waals surface area contributed by atoms with Crippen LogP contribution in [0.5, 0.6) is 0 Å². The molecule has 0 fully saturated rings. The van der Waals surface area contributed by atoms with E-state index in [9.17, 15) is 0 Å². The van der Waals surface area contributed by atoms with Crippen molar-refractivity contribution in [1.29, 1.82) is 0 Å². The van der Waals surface area contributed by atoms with E-state index in [2.05, 4.69) is 48.9 Å². The van der Waals surface area contributed by atoms with Crippen LogP contribution in [0.2, 0.25) is 0 Å². The van der Waals surface area contributed by atoms with Crippen molar-refractivity contribution < 1.29 is 0 Å². The Morgan fingerprint density at radius 1 is 1.28 bits per heavy atom. The van der Waals surface area contributed by atoms with Crippen LogP contribution in [0.25, 0.3) is 0 Å². The number of benzene rings is 1. The van der Waals surface area contributed by atoms with E-state index in [0.29, 0.717) is 5.92 Å². The number of rotatable bonds is 3. The number of hydrogen-bond acceptors (Lipinski definition) is 3. The van der Waals surface area contributed by atoms with E-state index in [1.54, 1.807) is 0 Å². The summed E-state index contributed by atoms with van der Waals surface area (Å²) in [6.07, 6.45) is 1.20. The zero-order valence-electron chi connectivity index (χ0n) is 11.8. The summed E-state index contributed by atoms with van der Waals surface area (Å²) >= 11 is 0. The van der Waals surface area contributed by atoms with Crippen molar-refractivity contribution in [2.45, 2.75) is 26.2 Å². The second-order valence-electron chi connectivity index (χ2n) is 5.42. The van der Waals surface area contributed by atoms with Gasteiger partial charge in [-0.1, -0.05) is 26.0 Å². The molecule has 0 unspecified atom stereocenters. The van der Waals surface area contributed by atoms with Crippen LogP contribution in [0.3, 0.4) is 0 Å². The van der Waals surface area contributed by atoms with Crippen molar-refractivity contribution in [2.24, 2.45) is 5.73 Å². The molecule has 0 bridgehead atoms. The van der Waals surface area contributed by atoms with Crippen LogP contribution in [0.4, 0.5) is 11.4 Å². The van der Waals surface area contributed by atoms with Gasteiger partial charge in [-0.05, 0) is 24.0 Å². The predicted molar refractivity (Wildman–Crippen MR) is 79.7 cm³/mol. The lowest BCUT2D eigenvalue weighted by atomic mass is 9.99. The summed E-state index contributed by atoms with van der Waals surface area (Å²) in [7, 11) is 2.19. The van der Waals surface area contributed by atoms with Gasteiger partial charge < -0.3 is 15.5 Å². The highest BCUT2D eigenvalue weighted by Crippen LogP contribution is 2.38. The molecular weight excluding hydrogens is 222 g/mol. The molecule has 0 aliphatic carbocycles. The highest BCUT2D eigenvalue weighted by Gasteiger charge is 2.21. The van der Waals surface area contributed by atoms with Gasteiger partial charge in [-0.25, -0.2) is 0 Å².